The second-order valence-corrected chi connectivity index (χ2v) is 7.06. The minimum absolute atomic E-state index is 0.0216. The minimum Gasteiger partial charge on any atom is -0.469 e. The molecule has 3 aromatic rings. The average molecular weight is 364 g/mol. The number of anilines is 1. The lowest BCUT2D eigenvalue weighted by atomic mass is 10.1. The Hall–Kier alpha value is -2.89. The minimum atomic E-state index is -0.0216. The first-order valence-electron chi connectivity index (χ1n) is 9.56. The van der Waals surface area contributed by atoms with Crippen molar-refractivity contribution in [3.63, 3.8) is 0 Å². The van der Waals surface area contributed by atoms with Crippen LogP contribution >= 0.6 is 0 Å². The van der Waals surface area contributed by atoms with E-state index in [2.05, 4.69) is 26.1 Å². The van der Waals surface area contributed by atoms with Gasteiger partial charge >= 0.3 is 0 Å². The van der Waals surface area contributed by atoms with Gasteiger partial charge in [-0.2, -0.15) is 0 Å². The maximum atomic E-state index is 12.3. The fourth-order valence-electron chi connectivity index (χ4n) is 3.50. The fourth-order valence-corrected chi connectivity index (χ4v) is 3.50. The van der Waals surface area contributed by atoms with E-state index in [4.69, 9.17) is 4.42 Å². The molecule has 0 radical (unpaired) electrons. The number of rotatable bonds is 5. The van der Waals surface area contributed by atoms with Gasteiger partial charge in [0.1, 0.15) is 11.6 Å². The Morgan fingerprint density at radius 1 is 1.22 bits per heavy atom. The first-order valence-corrected chi connectivity index (χ1v) is 9.56. The van der Waals surface area contributed by atoms with Crippen LogP contribution in [0.2, 0.25) is 0 Å². The molecule has 6 heteroatoms. The quantitative estimate of drug-likeness (QED) is 0.738. The van der Waals surface area contributed by atoms with Crippen LogP contribution in [0.4, 0.5) is 5.69 Å². The van der Waals surface area contributed by atoms with Crippen LogP contribution in [-0.4, -0.2) is 20.7 Å². The van der Waals surface area contributed by atoms with Gasteiger partial charge < -0.3 is 14.3 Å². The van der Waals surface area contributed by atoms with E-state index < -0.39 is 0 Å². The number of amides is 1. The SMILES string of the molecule is Cc1ccc(-c2nnc3n2CCCCC3)cc1NC(=O)CCc1ccco1. The number of hydrogen-bond acceptors (Lipinski definition) is 4. The van der Waals surface area contributed by atoms with Gasteiger partial charge in [-0.15, -0.1) is 10.2 Å². The summed E-state index contributed by atoms with van der Waals surface area (Å²) in [6.45, 7) is 2.95. The molecule has 0 saturated heterocycles. The Kier molecular flexibility index (Phi) is 5.05. The third kappa shape index (κ3) is 3.94. The van der Waals surface area contributed by atoms with Crippen LogP contribution in [-0.2, 0) is 24.2 Å². The molecule has 0 fully saturated rings. The van der Waals surface area contributed by atoms with Crippen molar-refractivity contribution < 1.29 is 9.21 Å². The summed E-state index contributed by atoms with van der Waals surface area (Å²) >= 11 is 0. The molecule has 0 spiro atoms. The van der Waals surface area contributed by atoms with Crippen LogP contribution in [0.5, 0.6) is 0 Å². The van der Waals surface area contributed by atoms with E-state index in [1.165, 1.54) is 12.8 Å². The van der Waals surface area contributed by atoms with E-state index in [0.29, 0.717) is 12.8 Å². The van der Waals surface area contributed by atoms with E-state index in [-0.39, 0.29) is 5.91 Å². The van der Waals surface area contributed by atoms with Crippen LogP contribution in [0.25, 0.3) is 11.4 Å². The van der Waals surface area contributed by atoms with Gasteiger partial charge in [0, 0.05) is 37.1 Å². The molecular weight excluding hydrogens is 340 g/mol. The summed E-state index contributed by atoms with van der Waals surface area (Å²) in [5, 5.41) is 11.8. The first kappa shape index (κ1) is 17.5. The zero-order valence-corrected chi connectivity index (χ0v) is 15.6. The standard InChI is InChI=1S/C21H24N4O2/c1-15-8-9-16(21-24-23-19-7-3-2-4-12-25(19)21)14-18(15)22-20(26)11-10-17-6-5-13-27-17/h5-6,8-9,13-14H,2-4,7,10-12H2,1H3,(H,22,26). The molecule has 4 rings (SSSR count). The van der Waals surface area contributed by atoms with Gasteiger partial charge in [0.25, 0.3) is 0 Å². The van der Waals surface area contributed by atoms with Crippen LogP contribution < -0.4 is 5.32 Å². The highest BCUT2D eigenvalue weighted by atomic mass is 16.3. The Morgan fingerprint density at radius 3 is 3.00 bits per heavy atom. The summed E-state index contributed by atoms with van der Waals surface area (Å²) in [5.74, 6) is 2.75. The number of hydrogen-bond donors (Lipinski definition) is 1. The first-order chi connectivity index (χ1) is 13.2. The number of carbonyl (C=O) groups excluding carboxylic acids is 1. The van der Waals surface area contributed by atoms with Crippen LogP contribution in [0.1, 0.15) is 42.8 Å². The van der Waals surface area contributed by atoms with E-state index in [0.717, 1.165) is 53.6 Å². The molecule has 1 aliphatic rings. The van der Waals surface area contributed by atoms with Crippen molar-refractivity contribution in [2.75, 3.05) is 5.32 Å². The molecule has 0 unspecified atom stereocenters. The summed E-state index contributed by atoms with van der Waals surface area (Å²) < 4.78 is 7.51. The smallest absolute Gasteiger partial charge is 0.224 e. The number of fused-ring (bicyclic) bond motifs is 1. The van der Waals surface area contributed by atoms with Gasteiger partial charge in [0.15, 0.2) is 5.82 Å². The topological polar surface area (TPSA) is 73.0 Å². The lowest BCUT2D eigenvalue weighted by Gasteiger charge is -2.12. The monoisotopic (exact) mass is 364 g/mol. The van der Waals surface area contributed by atoms with Crippen molar-refractivity contribution in [3.8, 4) is 11.4 Å². The number of benzene rings is 1. The fraction of sp³-hybridized carbons (Fsp3) is 0.381. The highest BCUT2D eigenvalue weighted by Gasteiger charge is 2.17. The zero-order valence-electron chi connectivity index (χ0n) is 15.6. The lowest BCUT2D eigenvalue weighted by molar-refractivity contribution is -0.116. The van der Waals surface area contributed by atoms with Gasteiger partial charge in [-0.3, -0.25) is 4.79 Å². The highest BCUT2D eigenvalue weighted by molar-refractivity contribution is 5.92. The molecule has 2 aromatic heterocycles. The largest absolute Gasteiger partial charge is 0.469 e. The molecule has 0 aliphatic carbocycles. The van der Waals surface area contributed by atoms with Crippen molar-refractivity contribution in [3.05, 3.63) is 53.7 Å². The molecule has 0 atom stereocenters. The molecular formula is C21H24N4O2. The van der Waals surface area contributed by atoms with Crippen molar-refractivity contribution in [1.82, 2.24) is 14.8 Å². The number of carbonyl (C=O) groups is 1. The third-order valence-electron chi connectivity index (χ3n) is 5.06. The van der Waals surface area contributed by atoms with Crippen LogP contribution in [0, 0.1) is 6.92 Å². The maximum absolute atomic E-state index is 12.3. The summed E-state index contributed by atoms with van der Waals surface area (Å²) in [6, 6.07) is 9.80. The van der Waals surface area contributed by atoms with E-state index in [1.807, 2.05) is 31.2 Å². The molecule has 1 N–H and O–H groups in total. The van der Waals surface area contributed by atoms with E-state index in [1.54, 1.807) is 6.26 Å². The van der Waals surface area contributed by atoms with Gasteiger partial charge in [-0.25, -0.2) is 0 Å². The summed E-state index contributed by atoms with van der Waals surface area (Å²) in [4.78, 5) is 12.3. The summed E-state index contributed by atoms with van der Waals surface area (Å²) in [6.07, 6.45) is 7.14. The van der Waals surface area contributed by atoms with E-state index in [9.17, 15) is 4.79 Å². The van der Waals surface area contributed by atoms with Crippen molar-refractivity contribution in [2.24, 2.45) is 0 Å². The second-order valence-electron chi connectivity index (χ2n) is 7.06. The average Bonchev–Trinajstić information content (AvgIpc) is 3.27. The van der Waals surface area contributed by atoms with Crippen LogP contribution in [0.3, 0.4) is 0 Å². The number of nitrogens with zero attached hydrogens (tertiary/aromatic N) is 3. The lowest BCUT2D eigenvalue weighted by Crippen LogP contribution is -2.13. The molecule has 3 heterocycles. The summed E-state index contributed by atoms with van der Waals surface area (Å²) in [5.41, 5.74) is 2.84. The number of nitrogens with one attached hydrogen (secondary N) is 1. The third-order valence-corrected chi connectivity index (χ3v) is 5.06. The Balaban J connectivity index is 1.51. The second kappa shape index (κ2) is 7.78. The van der Waals surface area contributed by atoms with Gasteiger partial charge in [-0.05, 0) is 43.5 Å². The Bertz CT molecular complexity index is 928. The van der Waals surface area contributed by atoms with Gasteiger partial charge in [0.05, 0.1) is 6.26 Å². The highest BCUT2D eigenvalue weighted by Crippen LogP contribution is 2.27. The maximum Gasteiger partial charge on any atom is 0.224 e. The summed E-state index contributed by atoms with van der Waals surface area (Å²) in [7, 11) is 0. The van der Waals surface area contributed by atoms with Crippen LogP contribution in [0.15, 0.2) is 41.0 Å². The number of aryl methyl sites for hydroxylation is 3. The Morgan fingerprint density at radius 2 is 2.15 bits per heavy atom. The van der Waals surface area contributed by atoms with Crippen molar-refractivity contribution >= 4 is 11.6 Å². The van der Waals surface area contributed by atoms with Crippen molar-refractivity contribution in [1.29, 1.82) is 0 Å². The zero-order chi connectivity index (χ0) is 18.6. The molecule has 1 amide bonds. The molecule has 140 valence electrons. The molecule has 1 aliphatic heterocycles. The molecule has 1 aromatic carbocycles. The molecule has 0 bridgehead atoms. The predicted molar refractivity (Wildman–Crippen MR) is 103 cm³/mol. The van der Waals surface area contributed by atoms with Gasteiger partial charge in [0.2, 0.25) is 5.91 Å². The predicted octanol–water partition coefficient (Wildman–Crippen LogP) is 4.14. The Labute approximate surface area is 158 Å². The molecule has 6 nitrogen and oxygen atoms in total. The van der Waals surface area contributed by atoms with Gasteiger partial charge in [-0.1, -0.05) is 18.6 Å². The molecule has 0 saturated carbocycles. The number of furan rings is 1. The molecule has 27 heavy (non-hydrogen) atoms. The van der Waals surface area contributed by atoms with E-state index >= 15 is 0 Å². The van der Waals surface area contributed by atoms with Crippen molar-refractivity contribution in [2.45, 2.75) is 52.0 Å². The normalized spacial score (nSPS) is 13.8. The number of aromatic nitrogens is 3.